The summed E-state index contributed by atoms with van der Waals surface area (Å²) >= 11 is 0. The summed E-state index contributed by atoms with van der Waals surface area (Å²) in [6.45, 7) is 10.7. The second-order valence-electron chi connectivity index (χ2n) is 8.99. The number of hydrogen-bond acceptors (Lipinski definition) is 6. The number of likely N-dealkylation sites (N-methyl/N-ethyl adjacent to an activating group) is 1. The van der Waals surface area contributed by atoms with Crippen LogP contribution in [0.5, 0.6) is 0 Å². The highest BCUT2D eigenvalue weighted by atomic mass is 16.6. The van der Waals surface area contributed by atoms with Crippen molar-refractivity contribution in [3.8, 4) is 0 Å². The molecule has 4 fully saturated rings. The Bertz CT molecular complexity index is 664. The lowest BCUT2D eigenvalue weighted by Crippen LogP contribution is -2.52. The number of amides is 3. The summed E-state index contributed by atoms with van der Waals surface area (Å²) in [4.78, 5) is 45.1. The zero-order valence-corrected chi connectivity index (χ0v) is 17.4. The molecule has 3 amide bonds. The molecule has 29 heavy (non-hydrogen) atoms. The lowest BCUT2D eigenvalue weighted by molar-refractivity contribution is -0.145. The first-order valence-electron chi connectivity index (χ1n) is 10.9. The maximum atomic E-state index is 12.7. The van der Waals surface area contributed by atoms with Gasteiger partial charge < -0.3 is 25.2 Å². The Morgan fingerprint density at radius 1 is 0.966 bits per heavy atom. The quantitative estimate of drug-likeness (QED) is 0.607. The Labute approximate surface area is 172 Å². The normalized spacial score (nSPS) is 26.6. The number of hydrogen-bond donors (Lipinski definition) is 1. The maximum absolute atomic E-state index is 12.7. The van der Waals surface area contributed by atoms with Crippen molar-refractivity contribution in [2.45, 2.75) is 38.2 Å². The van der Waals surface area contributed by atoms with E-state index in [0.29, 0.717) is 51.9 Å². The first-order chi connectivity index (χ1) is 13.9. The number of nitrogens with two attached hydrogens (primary N) is 1. The fourth-order valence-electron chi connectivity index (χ4n) is 4.83. The molecule has 0 aromatic carbocycles. The summed E-state index contributed by atoms with van der Waals surface area (Å²) in [7, 11) is 0. The lowest BCUT2D eigenvalue weighted by Gasteiger charge is -2.38. The lowest BCUT2D eigenvalue weighted by atomic mass is 9.90. The molecule has 1 spiro atoms. The number of likely N-dealkylation sites (tertiary alicyclic amines) is 1. The van der Waals surface area contributed by atoms with E-state index in [1.807, 2.05) is 4.90 Å². The fraction of sp³-hybridized carbons (Fsp3) is 0.850. The summed E-state index contributed by atoms with van der Waals surface area (Å²) in [6, 6.07) is 0. The number of piperidine rings is 1. The number of primary amides is 1. The molecule has 4 aliphatic rings. The van der Waals surface area contributed by atoms with Crippen LogP contribution < -0.4 is 5.73 Å². The predicted molar refractivity (Wildman–Crippen MR) is 106 cm³/mol. The van der Waals surface area contributed by atoms with Crippen LogP contribution in [0.3, 0.4) is 0 Å². The second-order valence-corrected chi connectivity index (χ2v) is 8.99. The third kappa shape index (κ3) is 3.94. The number of carbonyl (C=O) groups excluding carboxylic acids is 3. The van der Waals surface area contributed by atoms with Crippen molar-refractivity contribution in [3.05, 3.63) is 0 Å². The fourth-order valence-corrected chi connectivity index (χ4v) is 4.83. The zero-order valence-electron chi connectivity index (χ0n) is 17.4. The predicted octanol–water partition coefficient (Wildman–Crippen LogP) is -0.297. The van der Waals surface area contributed by atoms with Crippen LogP contribution in [0, 0.1) is 5.41 Å². The molecular weight excluding hydrogens is 374 g/mol. The first kappa shape index (κ1) is 20.4. The van der Waals surface area contributed by atoms with E-state index in [1.165, 1.54) is 0 Å². The highest BCUT2D eigenvalue weighted by Crippen LogP contribution is 2.47. The monoisotopic (exact) mass is 407 g/mol. The van der Waals surface area contributed by atoms with Crippen molar-refractivity contribution in [1.82, 2.24) is 19.6 Å². The van der Waals surface area contributed by atoms with Crippen molar-refractivity contribution in [2.24, 2.45) is 11.1 Å². The van der Waals surface area contributed by atoms with Gasteiger partial charge in [-0.1, -0.05) is 6.92 Å². The molecule has 4 rings (SSSR count). The van der Waals surface area contributed by atoms with Crippen LogP contribution >= 0.6 is 0 Å². The molecule has 3 aliphatic heterocycles. The third-order valence-corrected chi connectivity index (χ3v) is 7.23. The van der Waals surface area contributed by atoms with Crippen molar-refractivity contribution in [2.75, 3.05) is 65.4 Å². The van der Waals surface area contributed by atoms with Crippen LogP contribution in [0.15, 0.2) is 0 Å². The number of nitrogens with zero attached hydrogens (tertiary/aromatic N) is 4. The molecule has 1 aliphatic carbocycles. The number of carbonyl (C=O) groups is 3. The average molecular weight is 408 g/mol. The van der Waals surface area contributed by atoms with Crippen molar-refractivity contribution < 1.29 is 19.1 Å². The molecule has 9 heteroatoms. The molecule has 9 nitrogen and oxygen atoms in total. The van der Waals surface area contributed by atoms with Crippen molar-refractivity contribution in [1.29, 1.82) is 0 Å². The van der Waals surface area contributed by atoms with Crippen LogP contribution in [-0.4, -0.2) is 109 Å². The van der Waals surface area contributed by atoms with E-state index in [1.54, 1.807) is 4.90 Å². The Morgan fingerprint density at radius 3 is 2.14 bits per heavy atom. The minimum Gasteiger partial charge on any atom is -0.441 e. The summed E-state index contributed by atoms with van der Waals surface area (Å²) < 4.78 is 5.78. The second kappa shape index (κ2) is 7.75. The van der Waals surface area contributed by atoms with E-state index >= 15 is 0 Å². The van der Waals surface area contributed by atoms with Gasteiger partial charge in [0.05, 0.1) is 6.54 Å². The average Bonchev–Trinajstić information content (AvgIpc) is 3.48. The molecule has 0 radical (unpaired) electrons. The minimum atomic E-state index is -0.968. The van der Waals surface area contributed by atoms with Crippen LogP contribution in [0.1, 0.15) is 32.6 Å². The largest absolute Gasteiger partial charge is 0.441 e. The van der Waals surface area contributed by atoms with Gasteiger partial charge in [-0.3, -0.25) is 14.5 Å². The topological polar surface area (TPSA) is 99.4 Å². The summed E-state index contributed by atoms with van der Waals surface area (Å²) in [6.07, 6.45) is 2.10. The molecule has 0 bridgehead atoms. The first-order valence-corrected chi connectivity index (χ1v) is 10.9. The van der Waals surface area contributed by atoms with Crippen LogP contribution in [0.4, 0.5) is 4.79 Å². The molecule has 0 unspecified atom stereocenters. The van der Waals surface area contributed by atoms with E-state index in [9.17, 15) is 14.4 Å². The molecule has 162 valence electrons. The van der Waals surface area contributed by atoms with E-state index in [-0.39, 0.29) is 12.0 Å². The number of ether oxygens (including phenoxy) is 1. The molecule has 0 aromatic heterocycles. The summed E-state index contributed by atoms with van der Waals surface area (Å²) in [5.74, 6) is -0.659. The molecule has 0 aromatic rings. The van der Waals surface area contributed by atoms with Gasteiger partial charge in [-0.15, -0.1) is 0 Å². The highest BCUT2D eigenvalue weighted by molar-refractivity contribution is 6.07. The highest BCUT2D eigenvalue weighted by Gasteiger charge is 2.58. The molecule has 0 atom stereocenters. The number of piperazine rings is 1. The van der Waals surface area contributed by atoms with Crippen LogP contribution in [0.25, 0.3) is 0 Å². The molecule has 3 heterocycles. The SMILES string of the molecule is CCN1CCN(CCN2CC3(CCN(C(=O)C4(C(N)=O)CC4)CC3)OC2=O)CC1. The van der Waals surface area contributed by atoms with Gasteiger partial charge in [0.25, 0.3) is 0 Å². The van der Waals surface area contributed by atoms with Crippen LogP contribution in [0.2, 0.25) is 0 Å². The van der Waals surface area contributed by atoms with Gasteiger partial charge in [0.1, 0.15) is 11.0 Å². The maximum Gasteiger partial charge on any atom is 0.410 e. The van der Waals surface area contributed by atoms with E-state index in [0.717, 1.165) is 39.3 Å². The van der Waals surface area contributed by atoms with Crippen LogP contribution in [-0.2, 0) is 14.3 Å². The Balaban J connectivity index is 1.25. The van der Waals surface area contributed by atoms with E-state index in [4.69, 9.17) is 10.5 Å². The molecule has 2 N–H and O–H groups in total. The molecular formula is C20H33N5O4. The minimum absolute atomic E-state index is 0.146. The molecule has 1 saturated carbocycles. The Kier molecular flexibility index (Phi) is 5.46. The van der Waals surface area contributed by atoms with E-state index in [2.05, 4.69) is 16.7 Å². The summed E-state index contributed by atoms with van der Waals surface area (Å²) in [5, 5.41) is 0. The van der Waals surface area contributed by atoms with Gasteiger partial charge in [0.2, 0.25) is 11.8 Å². The Hall–Kier alpha value is -1.87. The smallest absolute Gasteiger partial charge is 0.410 e. The van der Waals surface area contributed by atoms with Crippen molar-refractivity contribution in [3.63, 3.8) is 0 Å². The standard InChI is InChI=1S/C20H33N5O4/c1-2-22-9-11-23(12-10-22)13-14-25-15-19(29-18(25)28)5-7-24(8-6-19)17(27)20(3-4-20)16(21)26/h2-15H2,1H3,(H2,21,26). The zero-order chi connectivity index (χ0) is 20.6. The van der Waals surface area contributed by atoms with Gasteiger partial charge in [-0.25, -0.2) is 4.79 Å². The van der Waals surface area contributed by atoms with Gasteiger partial charge in [0, 0.05) is 65.2 Å². The Morgan fingerprint density at radius 2 is 1.59 bits per heavy atom. The molecule has 3 saturated heterocycles. The van der Waals surface area contributed by atoms with Crippen molar-refractivity contribution >= 4 is 17.9 Å². The van der Waals surface area contributed by atoms with Gasteiger partial charge in [0.15, 0.2) is 0 Å². The van der Waals surface area contributed by atoms with Gasteiger partial charge in [-0.05, 0) is 19.4 Å². The van der Waals surface area contributed by atoms with E-state index < -0.39 is 16.9 Å². The number of rotatable bonds is 6. The third-order valence-electron chi connectivity index (χ3n) is 7.23. The summed E-state index contributed by atoms with van der Waals surface area (Å²) in [5.41, 5.74) is 3.96. The van der Waals surface area contributed by atoms with Gasteiger partial charge >= 0.3 is 6.09 Å². The van der Waals surface area contributed by atoms with Gasteiger partial charge in [-0.2, -0.15) is 0 Å².